The first kappa shape index (κ1) is 14.1. The van der Waals surface area contributed by atoms with E-state index in [4.69, 9.17) is 5.73 Å². The number of aromatic nitrogens is 1. The third-order valence-electron chi connectivity index (χ3n) is 3.24. The molecule has 2 aromatic rings. The summed E-state index contributed by atoms with van der Waals surface area (Å²) in [6.07, 6.45) is 0.745. The molecule has 0 saturated carbocycles. The number of carbonyl (C=O) groups excluding carboxylic acids is 1. The van der Waals surface area contributed by atoms with Gasteiger partial charge in [0, 0.05) is 16.9 Å². The summed E-state index contributed by atoms with van der Waals surface area (Å²) in [5.41, 5.74) is 10.0. The van der Waals surface area contributed by atoms with E-state index in [1.54, 1.807) is 12.1 Å². The number of carbonyl (C=O) groups is 1. The first-order valence-corrected chi connectivity index (χ1v) is 6.65. The Morgan fingerprint density at radius 2 is 1.90 bits per heavy atom. The van der Waals surface area contributed by atoms with E-state index >= 15 is 0 Å². The number of rotatable bonds is 3. The van der Waals surface area contributed by atoms with Crippen LogP contribution in [0.15, 0.2) is 30.3 Å². The third kappa shape index (κ3) is 2.96. The van der Waals surface area contributed by atoms with Crippen LogP contribution in [0.2, 0.25) is 0 Å². The van der Waals surface area contributed by atoms with Crippen LogP contribution >= 0.6 is 0 Å². The number of hydrogen-bond acceptors (Lipinski definition) is 3. The van der Waals surface area contributed by atoms with Crippen LogP contribution < -0.4 is 11.1 Å². The lowest BCUT2D eigenvalue weighted by atomic mass is 10.1. The van der Waals surface area contributed by atoms with Crippen LogP contribution in [-0.2, 0) is 6.42 Å². The summed E-state index contributed by atoms with van der Waals surface area (Å²) in [5.74, 6) is 0.210. The van der Waals surface area contributed by atoms with Gasteiger partial charge in [-0.3, -0.25) is 4.79 Å². The number of nitrogens with zero attached hydrogens (tertiary/aromatic N) is 1. The molecule has 0 atom stereocenters. The highest BCUT2D eigenvalue weighted by atomic mass is 16.1. The van der Waals surface area contributed by atoms with E-state index in [-0.39, 0.29) is 5.91 Å². The van der Waals surface area contributed by atoms with Gasteiger partial charge < -0.3 is 11.1 Å². The first-order valence-electron chi connectivity index (χ1n) is 6.65. The minimum absolute atomic E-state index is 0.161. The monoisotopic (exact) mass is 269 g/mol. The maximum atomic E-state index is 12.3. The average Bonchev–Trinajstić information content (AvgIpc) is 2.42. The van der Waals surface area contributed by atoms with Crippen molar-refractivity contribution in [2.45, 2.75) is 27.2 Å². The van der Waals surface area contributed by atoms with Gasteiger partial charge in [-0.15, -0.1) is 0 Å². The summed E-state index contributed by atoms with van der Waals surface area (Å²) < 4.78 is 0. The number of nitrogen functional groups attached to an aromatic ring is 1. The number of anilines is 2. The molecule has 104 valence electrons. The molecule has 0 fully saturated rings. The highest BCUT2D eigenvalue weighted by Gasteiger charge is 2.11. The molecule has 1 amide bonds. The molecule has 0 aliphatic heterocycles. The third-order valence-corrected chi connectivity index (χ3v) is 3.24. The second-order valence-corrected chi connectivity index (χ2v) is 4.85. The molecule has 2 rings (SSSR count). The lowest BCUT2D eigenvalue weighted by Crippen LogP contribution is -2.15. The lowest BCUT2D eigenvalue weighted by Gasteiger charge is -2.12. The van der Waals surface area contributed by atoms with E-state index in [1.165, 1.54) is 0 Å². The van der Waals surface area contributed by atoms with E-state index in [0.717, 1.165) is 28.9 Å². The van der Waals surface area contributed by atoms with Gasteiger partial charge in [0.15, 0.2) is 0 Å². The Labute approximate surface area is 119 Å². The molecular weight excluding hydrogens is 250 g/mol. The van der Waals surface area contributed by atoms with Gasteiger partial charge in [-0.2, -0.15) is 0 Å². The SMILES string of the molecule is CCc1cc(C(=O)Nc2c(C)cccc2C)cc(N)n1. The van der Waals surface area contributed by atoms with Crippen molar-refractivity contribution in [3.05, 3.63) is 52.7 Å². The minimum Gasteiger partial charge on any atom is -0.384 e. The van der Waals surface area contributed by atoms with Crippen molar-refractivity contribution in [1.82, 2.24) is 4.98 Å². The normalized spacial score (nSPS) is 10.3. The molecule has 0 bridgehead atoms. The molecule has 1 aromatic carbocycles. The van der Waals surface area contributed by atoms with Crippen LogP contribution in [-0.4, -0.2) is 10.9 Å². The molecule has 1 aromatic heterocycles. The molecule has 0 aliphatic carbocycles. The van der Waals surface area contributed by atoms with E-state index in [0.29, 0.717) is 11.4 Å². The Bertz CT molecular complexity index is 630. The van der Waals surface area contributed by atoms with Crippen LogP contribution in [0.5, 0.6) is 0 Å². The molecule has 0 unspecified atom stereocenters. The highest BCUT2D eigenvalue weighted by molar-refractivity contribution is 6.05. The smallest absolute Gasteiger partial charge is 0.255 e. The molecule has 0 saturated heterocycles. The van der Waals surface area contributed by atoms with E-state index in [1.807, 2.05) is 39.0 Å². The summed E-state index contributed by atoms with van der Waals surface area (Å²) >= 11 is 0. The van der Waals surface area contributed by atoms with Crippen molar-refractivity contribution in [1.29, 1.82) is 0 Å². The fourth-order valence-electron chi connectivity index (χ4n) is 2.12. The molecule has 20 heavy (non-hydrogen) atoms. The average molecular weight is 269 g/mol. The highest BCUT2D eigenvalue weighted by Crippen LogP contribution is 2.20. The van der Waals surface area contributed by atoms with Crippen molar-refractivity contribution in [3.8, 4) is 0 Å². The summed E-state index contributed by atoms with van der Waals surface area (Å²) in [7, 11) is 0. The van der Waals surface area contributed by atoms with Gasteiger partial charge in [-0.05, 0) is 43.5 Å². The second kappa shape index (κ2) is 5.74. The lowest BCUT2D eigenvalue weighted by molar-refractivity contribution is 0.102. The summed E-state index contributed by atoms with van der Waals surface area (Å²) in [6, 6.07) is 9.29. The van der Waals surface area contributed by atoms with E-state index in [9.17, 15) is 4.79 Å². The fraction of sp³-hybridized carbons (Fsp3) is 0.250. The first-order chi connectivity index (χ1) is 9.51. The number of nitrogens with two attached hydrogens (primary N) is 1. The maximum Gasteiger partial charge on any atom is 0.255 e. The number of hydrogen-bond donors (Lipinski definition) is 2. The van der Waals surface area contributed by atoms with Gasteiger partial charge in [0.2, 0.25) is 0 Å². The van der Waals surface area contributed by atoms with Gasteiger partial charge in [-0.1, -0.05) is 25.1 Å². The van der Waals surface area contributed by atoms with Crippen molar-refractivity contribution in [3.63, 3.8) is 0 Å². The zero-order chi connectivity index (χ0) is 14.7. The van der Waals surface area contributed by atoms with Crippen LogP contribution in [0.25, 0.3) is 0 Å². The molecule has 0 spiro atoms. The summed E-state index contributed by atoms with van der Waals surface area (Å²) in [4.78, 5) is 16.5. The minimum atomic E-state index is -0.161. The number of nitrogens with one attached hydrogen (secondary N) is 1. The molecule has 0 radical (unpaired) electrons. The summed E-state index contributed by atoms with van der Waals surface area (Å²) in [6.45, 7) is 5.93. The predicted molar refractivity (Wildman–Crippen MR) is 81.9 cm³/mol. The van der Waals surface area contributed by atoms with Crippen molar-refractivity contribution < 1.29 is 4.79 Å². The number of aryl methyl sites for hydroxylation is 3. The van der Waals surface area contributed by atoms with Crippen LogP contribution in [0.4, 0.5) is 11.5 Å². The molecule has 0 aliphatic rings. The number of benzene rings is 1. The number of pyridine rings is 1. The summed E-state index contributed by atoms with van der Waals surface area (Å²) in [5, 5.41) is 2.95. The van der Waals surface area contributed by atoms with Crippen LogP contribution in [0.3, 0.4) is 0 Å². The van der Waals surface area contributed by atoms with Crippen molar-refractivity contribution >= 4 is 17.4 Å². The van der Waals surface area contributed by atoms with E-state index < -0.39 is 0 Å². The van der Waals surface area contributed by atoms with Crippen molar-refractivity contribution in [2.75, 3.05) is 11.1 Å². The largest absolute Gasteiger partial charge is 0.384 e. The zero-order valence-corrected chi connectivity index (χ0v) is 12.0. The molecule has 4 heteroatoms. The predicted octanol–water partition coefficient (Wildman–Crippen LogP) is 3.10. The van der Waals surface area contributed by atoms with Gasteiger partial charge >= 0.3 is 0 Å². The standard InChI is InChI=1S/C16H19N3O/c1-4-13-8-12(9-14(17)18-13)16(20)19-15-10(2)6-5-7-11(15)3/h5-9H,4H2,1-3H3,(H2,17,18)(H,19,20). The molecular formula is C16H19N3O. The van der Waals surface area contributed by atoms with Crippen molar-refractivity contribution in [2.24, 2.45) is 0 Å². The fourth-order valence-corrected chi connectivity index (χ4v) is 2.12. The second-order valence-electron chi connectivity index (χ2n) is 4.85. The Morgan fingerprint density at radius 3 is 2.50 bits per heavy atom. The van der Waals surface area contributed by atoms with Gasteiger partial charge in [-0.25, -0.2) is 4.98 Å². The zero-order valence-electron chi connectivity index (χ0n) is 12.0. The van der Waals surface area contributed by atoms with Gasteiger partial charge in [0.1, 0.15) is 5.82 Å². The van der Waals surface area contributed by atoms with Gasteiger partial charge in [0.05, 0.1) is 0 Å². The van der Waals surface area contributed by atoms with Crippen LogP contribution in [0.1, 0.15) is 34.1 Å². The van der Waals surface area contributed by atoms with E-state index in [2.05, 4.69) is 10.3 Å². The molecule has 3 N–H and O–H groups in total. The van der Waals surface area contributed by atoms with Crippen LogP contribution in [0, 0.1) is 13.8 Å². The Balaban J connectivity index is 2.31. The quantitative estimate of drug-likeness (QED) is 0.899. The number of amides is 1. The molecule has 4 nitrogen and oxygen atoms in total. The Morgan fingerprint density at radius 1 is 1.25 bits per heavy atom. The topological polar surface area (TPSA) is 68.0 Å². The maximum absolute atomic E-state index is 12.3. The molecule has 1 heterocycles. The Hall–Kier alpha value is -2.36. The number of para-hydroxylation sites is 1. The van der Waals surface area contributed by atoms with Gasteiger partial charge in [0.25, 0.3) is 5.91 Å². The Kier molecular flexibility index (Phi) is 4.03.